The highest BCUT2D eigenvalue weighted by molar-refractivity contribution is 5.78. The second kappa shape index (κ2) is 8.02. The van der Waals surface area contributed by atoms with Crippen molar-refractivity contribution in [3.05, 3.63) is 35.9 Å². The first-order chi connectivity index (χ1) is 9.46. The standard InChI is InChI=1S/C16H27N3O/c1-4-16(2,3)18-15(20)13-19(11-10-17)12-14-8-6-5-7-9-14/h5-9H,4,10-13,17H2,1-3H3,(H,18,20). The Balaban J connectivity index is 2.56. The Kier molecular flexibility index (Phi) is 6.68. The number of amides is 1. The van der Waals surface area contributed by atoms with E-state index in [2.05, 4.69) is 29.3 Å². The summed E-state index contributed by atoms with van der Waals surface area (Å²) in [5.41, 5.74) is 6.68. The second-order valence-corrected chi connectivity index (χ2v) is 5.77. The molecule has 1 aromatic rings. The van der Waals surface area contributed by atoms with Gasteiger partial charge < -0.3 is 11.1 Å². The van der Waals surface area contributed by atoms with E-state index in [1.165, 1.54) is 5.56 Å². The number of carbonyl (C=O) groups excluding carboxylic acids is 1. The molecule has 1 aromatic carbocycles. The first-order valence-electron chi connectivity index (χ1n) is 7.24. The van der Waals surface area contributed by atoms with Crippen LogP contribution in [0.2, 0.25) is 0 Å². The lowest BCUT2D eigenvalue weighted by Gasteiger charge is -2.27. The molecule has 0 unspecified atom stereocenters. The molecule has 1 rings (SSSR count). The predicted molar refractivity (Wildman–Crippen MR) is 83.3 cm³/mol. The van der Waals surface area contributed by atoms with E-state index in [1.807, 2.05) is 32.0 Å². The summed E-state index contributed by atoms with van der Waals surface area (Å²) in [6.07, 6.45) is 0.911. The Morgan fingerprint density at radius 3 is 2.50 bits per heavy atom. The lowest BCUT2D eigenvalue weighted by atomic mass is 10.0. The molecule has 0 saturated carbocycles. The first-order valence-corrected chi connectivity index (χ1v) is 7.24. The van der Waals surface area contributed by atoms with Crippen LogP contribution in [0.3, 0.4) is 0 Å². The van der Waals surface area contributed by atoms with Crippen molar-refractivity contribution in [3.63, 3.8) is 0 Å². The summed E-state index contributed by atoms with van der Waals surface area (Å²) in [6.45, 7) is 8.55. The quantitative estimate of drug-likeness (QED) is 0.761. The minimum atomic E-state index is -0.155. The van der Waals surface area contributed by atoms with E-state index in [9.17, 15) is 4.79 Å². The Hall–Kier alpha value is -1.39. The zero-order valence-electron chi connectivity index (χ0n) is 12.9. The van der Waals surface area contributed by atoms with Crippen LogP contribution in [0, 0.1) is 0 Å². The van der Waals surface area contributed by atoms with E-state index in [4.69, 9.17) is 5.73 Å². The molecule has 0 aliphatic heterocycles. The maximum atomic E-state index is 12.1. The third-order valence-electron chi connectivity index (χ3n) is 3.42. The molecular weight excluding hydrogens is 250 g/mol. The Morgan fingerprint density at radius 2 is 1.95 bits per heavy atom. The summed E-state index contributed by atoms with van der Waals surface area (Å²) in [7, 11) is 0. The molecule has 0 aromatic heterocycles. The Labute approximate surface area is 122 Å². The molecule has 0 aliphatic carbocycles. The van der Waals surface area contributed by atoms with Crippen LogP contribution >= 0.6 is 0 Å². The number of nitrogens with zero attached hydrogens (tertiary/aromatic N) is 1. The molecule has 1 amide bonds. The number of hydrogen-bond acceptors (Lipinski definition) is 3. The number of benzene rings is 1. The highest BCUT2D eigenvalue weighted by Gasteiger charge is 2.19. The summed E-state index contributed by atoms with van der Waals surface area (Å²) in [6, 6.07) is 10.1. The largest absolute Gasteiger partial charge is 0.350 e. The van der Waals surface area contributed by atoms with Crippen molar-refractivity contribution in [2.45, 2.75) is 39.3 Å². The van der Waals surface area contributed by atoms with Gasteiger partial charge in [-0.1, -0.05) is 37.3 Å². The Morgan fingerprint density at radius 1 is 1.30 bits per heavy atom. The van der Waals surface area contributed by atoms with Crippen LogP contribution in [-0.2, 0) is 11.3 Å². The number of hydrogen-bond donors (Lipinski definition) is 2. The second-order valence-electron chi connectivity index (χ2n) is 5.77. The van der Waals surface area contributed by atoms with Crippen LogP contribution < -0.4 is 11.1 Å². The van der Waals surface area contributed by atoms with E-state index in [-0.39, 0.29) is 11.4 Å². The smallest absolute Gasteiger partial charge is 0.234 e. The molecule has 0 aliphatic rings. The van der Waals surface area contributed by atoms with Crippen LogP contribution in [0.5, 0.6) is 0 Å². The van der Waals surface area contributed by atoms with Gasteiger partial charge in [0.1, 0.15) is 0 Å². The molecular formula is C16H27N3O. The molecule has 0 saturated heterocycles. The van der Waals surface area contributed by atoms with Gasteiger partial charge in [0, 0.05) is 25.2 Å². The summed E-state index contributed by atoms with van der Waals surface area (Å²) in [5, 5.41) is 3.06. The molecule has 3 N–H and O–H groups in total. The van der Waals surface area contributed by atoms with Crippen molar-refractivity contribution in [2.24, 2.45) is 5.73 Å². The van der Waals surface area contributed by atoms with Gasteiger partial charge in [-0.15, -0.1) is 0 Å². The van der Waals surface area contributed by atoms with Crippen molar-refractivity contribution in [3.8, 4) is 0 Å². The fraction of sp³-hybridized carbons (Fsp3) is 0.562. The van der Waals surface area contributed by atoms with Crippen LogP contribution in [0.25, 0.3) is 0 Å². The lowest BCUT2D eigenvalue weighted by molar-refractivity contribution is -0.124. The first kappa shape index (κ1) is 16.7. The summed E-state index contributed by atoms with van der Waals surface area (Å²) in [4.78, 5) is 14.2. The van der Waals surface area contributed by atoms with E-state index in [0.717, 1.165) is 19.5 Å². The molecule has 20 heavy (non-hydrogen) atoms. The number of nitrogens with one attached hydrogen (secondary N) is 1. The van der Waals surface area contributed by atoms with Gasteiger partial charge in [-0.25, -0.2) is 0 Å². The molecule has 0 fully saturated rings. The van der Waals surface area contributed by atoms with Gasteiger partial charge in [-0.3, -0.25) is 9.69 Å². The van der Waals surface area contributed by atoms with Gasteiger partial charge in [0.05, 0.1) is 6.54 Å². The lowest BCUT2D eigenvalue weighted by Crippen LogP contribution is -2.47. The van der Waals surface area contributed by atoms with Crippen molar-refractivity contribution < 1.29 is 4.79 Å². The number of rotatable bonds is 8. The highest BCUT2D eigenvalue weighted by atomic mass is 16.2. The van der Waals surface area contributed by atoms with Gasteiger partial charge >= 0.3 is 0 Å². The highest BCUT2D eigenvalue weighted by Crippen LogP contribution is 2.08. The molecule has 0 heterocycles. The van der Waals surface area contributed by atoms with Crippen LogP contribution in [0.1, 0.15) is 32.8 Å². The van der Waals surface area contributed by atoms with Crippen LogP contribution in [0.4, 0.5) is 0 Å². The minimum Gasteiger partial charge on any atom is -0.350 e. The van der Waals surface area contributed by atoms with Gasteiger partial charge in [0.25, 0.3) is 0 Å². The maximum Gasteiger partial charge on any atom is 0.234 e. The average Bonchev–Trinajstić information content (AvgIpc) is 2.39. The molecule has 0 spiro atoms. The van der Waals surface area contributed by atoms with Crippen molar-refractivity contribution in [1.82, 2.24) is 10.2 Å². The van der Waals surface area contributed by atoms with Crippen molar-refractivity contribution >= 4 is 5.91 Å². The average molecular weight is 277 g/mol. The van der Waals surface area contributed by atoms with Gasteiger partial charge in [-0.2, -0.15) is 0 Å². The van der Waals surface area contributed by atoms with Gasteiger partial charge in [0.2, 0.25) is 5.91 Å². The van der Waals surface area contributed by atoms with Crippen molar-refractivity contribution in [2.75, 3.05) is 19.6 Å². The predicted octanol–water partition coefficient (Wildman–Crippen LogP) is 1.75. The maximum absolute atomic E-state index is 12.1. The molecule has 0 bridgehead atoms. The number of nitrogens with two attached hydrogens (primary N) is 1. The summed E-state index contributed by atoms with van der Waals surface area (Å²) in [5.74, 6) is 0.0567. The minimum absolute atomic E-state index is 0.0567. The topological polar surface area (TPSA) is 58.4 Å². The molecule has 112 valence electrons. The summed E-state index contributed by atoms with van der Waals surface area (Å²) >= 11 is 0. The summed E-state index contributed by atoms with van der Waals surface area (Å²) < 4.78 is 0. The molecule has 4 heteroatoms. The van der Waals surface area contributed by atoms with E-state index in [0.29, 0.717) is 13.1 Å². The van der Waals surface area contributed by atoms with Gasteiger partial charge in [0.15, 0.2) is 0 Å². The zero-order valence-corrected chi connectivity index (χ0v) is 12.9. The fourth-order valence-corrected chi connectivity index (χ4v) is 1.95. The van der Waals surface area contributed by atoms with E-state index >= 15 is 0 Å². The third kappa shape index (κ3) is 6.17. The zero-order chi connectivity index (χ0) is 15.0. The fourth-order valence-electron chi connectivity index (χ4n) is 1.95. The van der Waals surface area contributed by atoms with E-state index in [1.54, 1.807) is 0 Å². The molecule has 0 atom stereocenters. The van der Waals surface area contributed by atoms with Crippen LogP contribution in [-0.4, -0.2) is 36.0 Å². The van der Waals surface area contributed by atoms with Crippen LogP contribution in [0.15, 0.2) is 30.3 Å². The SMILES string of the molecule is CCC(C)(C)NC(=O)CN(CCN)Cc1ccccc1. The molecule has 4 nitrogen and oxygen atoms in total. The van der Waals surface area contributed by atoms with Crippen molar-refractivity contribution in [1.29, 1.82) is 0 Å². The molecule has 0 radical (unpaired) electrons. The normalized spacial score (nSPS) is 11.7. The number of carbonyl (C=O) groups is 1. The third-order valence-corrected chi connectivity index (χ3v) is 3.42. The monoisotopic (exact) mass is 277 g/mol. The van der Waals surface area contributed by atoms with Gasteiger partial charge in [-0.05, 0) is 25.8 Å². The Bertz CT molecular complexity index is 403. The van der Waals surface area contributed by atoms with E-state index < -0.39 is 0 Å².